The molecule has 3 aromatic rings. The zero-order valence-electron chi connectivity index (χ0n) is 11.2. The number of aromatic nitrogens is 3. The molecular weight excluding hydrogens is 234 g/mol. The van der Waals surface area contributed by atoms with Crippen LogP contribution in [0.2, 0.25) is 0 Å². The molecule has 0 atom stereocenters. The standard InChI is InChI=1S/C16H17N3/c1-12-16(10-14-8-9-17-11-14)13(2)19(18-12)15-6-4-3-5-7-15/h3-9,11,17H,10H2,1-2H3. The summed E-state index contributed by atoms with van der Waals surface area (Å²) in [7, 11) is 0. The second-order valence-electron chi connectivity index (χ2n) is 4.79. The molecule has 0 fully saturated rings. The molecule has 0 spiro atoms. The molecule has 3 nitrogen and oxygen atoms in total. The molecule has 19 heavy (non-hydrogen) atoms. The van der Waals surface area contributed by atoms with E-state index in [1.54, 1.807) is 0 Å². The van der Waals surface area contributed by atoms with Crippen molar-refractivity contribution in [2.45, 2.75) is 20.3 Å². The number of para-hydroxylation sites is 1. The van der Waals surface area contributed by atoms with E-state index in [4.69, 9.17) is 0 Å². The summed E-state index contributed by atoms with van der Waals surface area (Å²) in [5.41, 5.74) is 6.03. The van der Waals surface area contributed by atoms with Crippen LogP contribution < -0.4 is 0 Å². The third-order valence-corrected chi connectivity index (χ3v) is 3.49. The zero-order valence-corrected chi connectivity index (χ0v) is 11.2. The molecule has 2 aromatic heterocycles. The van der Waals surface area contributed by atoms with Gasteiger partial charge in [0.15, 0.2) is 0 Å². The molecule has 0 unspecified atom stereocenters. The van der Waals surface area contributed by atoms with Crippen molar-refractivity contribution in [3.8, 4) is 5.69 Å². The summed E-state index contributed by atoms with van der Waals surface area (Å²) >= 11 is 0. The topological polar surface area (TPSA) is 33.6 Å². The van der Waals surface area contributed by atoms with E-state index >= 15 is 0 Å². The lowest BCUT2D eigenvalue weighted by atomic mass is 10.1. The maximum absolute atomic E-state index is 4.67. The normalized spacial score (nSPS) is 10.8. The third kappa shape index (κ3) is 2.19. The van der Waals surface area contributed by atoms with E-state index in [1.807, 2.05) is 35.3 Å². The number of benzene rings is 1. The number of hydrogen-bond donors (Lipinski definition) is 1. The van der Waals surface area contributed by atoms with Crippen molar-refractivity contribution in [2.24, 2.45) is 0 Å². The van der Waals surface area contributed by atoms with Gasteiger partial charge in [0.05, 0.1) is 11.4 Å². The van der Waals surface area contributed by atoms with Gasteiger partial charge in [0.1, 0.15) is 0 Å². The summed E-state index contributed by atoms with van der Waals surface area (Å²) in [6, 6.07) is 12.4. The van der Waals surface area contributed by atoms with E-state index in [1.165, 1.54) is 16.8 Å². The van der Waals surface area contributed by atoms with Crippen LogP contribution in [-0.4, -0.2) is 14.8 Å². The number of nitrogens with one attached hydrogen (secondary N) is 1. The first-order valence-corrected chi connectivity index (χ1v) is 6.48. The highest BCUT2D eigenvalue weighted by atomic mass is 15.3. The third-order valence-electron chi connectivity index (χ3n) is 3.49. The van der Waals surface area contributed by atoms with Crippen LogP contribution in [0.3, 0.4) is 0 Å². The van der Waals surface area contributed by atoms with Crippen LogP contribution in [-0.2, 0) is 6.42 Å². The van der Waals surface area contributed by atoms with Crippen LogP contribution in [0.25, 0.3) is 5.69 Å². The van der Waals surface area contributed by atoms with Crippen LogP contribution in [0.5, 0.6) is 0 Å². The Labute approximate surface area is 112 Å². The number of aromatic amines is 1. The van der Waals surface area contributed by atoms with Gasteiger partial charge in [-0.15, -0.1) is 0 Å². The van der Waals surface area contributed by atoms with E-state index in [-0.39, 0.29) is 0 Å². The number of nitrogens with zero attached hydrogens (tertiary/aromatic N) is 2. The van der Waals surface area contributed by atoms with Crippen LogP contribution in [0.15, 0.2) is 48.8 Å². The Morgan fingerprint density at radius 2 is 1.89 bits per heavy atom. The van der Waals surface area contributed by atoms with E-state index < -0.39 is 0 Å². The second kappa shape index (κ2) is 4.76. The van der Waals surface area contributed by atoms with Crippen molar-refractivity contribution in [2.75, 3.05) is 0 Å². The Morgan fingerprint density at radius 1 is 1.11 bits per heavy atom. The maximum atomic E-state index is 4.67. The first-order valence-electron chi connectivity index (χ1n) is 6.48. The monoisotopic (exact) mass is 251 g/mol. The van der Waals surface area contributed by atoms with Crippen LogP contribution in [0.1, 0.15) is 22.5 Å². The van der Waals surface area contributed by atoms with Crippen molar-refractivity contribution >= 4 is 0 Å². The van der Waals surface area contributed by atoms with Crippen LogP contribution in [0.4, 0.5) is 0 Å². The number of hydrogen-bond acceptors (Lipinski definition) is 1. The van der Waals surface area contributed by atoms with Crippen molar-refractivity contribution < 1.29 is 0 Å². The highest BCUT2D eigenvalue weighted by molar-refractivity contribution is 5.38. The molecular formula is C16H17N3. The van der Waals surface area contributed by atoms with E-state index in [2.05, 4.69) is 42.1 Å². The van der Waals surface area contributed by atoms with Gasteiger partial charge in [-0.2, -0.15) is 5.10 Å². The van der Waals surface area contributed by atoms with E-state index in [9.17, 15) is 0 Å². The molecule has 1 N–H and O–H groups in total. The summed E-state index contributed by atoms with van der Waals surface area (Å²) in [5, 5.41) is 4.67. The van der Waals surface area contributed by atoms with Crippen molar-refractivity contribution in [1.82, 2.24) is 14.8 Å². The largest absolute Gasteiger partial charge is 0.367 e. The quantitative estimate of drug-likeness (QED) is 0.760. The highest BCUT2D eigenvalue weighted by Crippen LogP contribution is 2.20. The van der Waals surface area contributed by atoms with Gasteiger partial charge in [0.25, 0.3) is 0 Å². The van der Waals surface area contributed by atoms with Gasteiger partial charge < -0.3 is 4.98 Å². The summed E-state index contributed by atoms with van der Waals surface area (Å²) in [4.78, 5) is 3.10. The molecule has 0 aliphatic heterocycles. The predicted octanol–water partition coefficient (Wildman–Crippen LogP) is 3.41. The summed E-state index contributed by atoms with van der Waals surface area (Å²) in [6.45, 7) is 4.21. The number of H-pyrrole nitrogens is 1. The smallest absolute Gasteiger partial charge is 0.0648 e. The minimum absolute atomic E-state index is 0.925. The van der Waals surface area contributed by atoms with Crippen molar-refractivity contribution in [3.05, 3.63) is 71.3 Å². The molecule has 1 aromatic carbocycles. The molecule has 0 aliphatic rings. The van der Waals surface area contributed by atoms with Gasteiger partial charge in [-0.05, 0) is 37.6 Å². The van der Waals surface area contributed by atoms with Gasteiger partial charge in [-0.25, -0.2) is 4.68 Å². The minimum atomic E-state index is 0.925. The predicted molar refractivity (Wildman–Crippen MR) is 76.6 cm³/mol. The lowest BCUT2D eigenvalue weighted by Crippen LogP contribution is -1.99. The van der Waals surface area contributed by atoms with Gasteiger partial charge in [0.2, 0.25) is 0 Å². The summed E-state index contributed by atoms with van der Waals surface area (Å²) < 4.78 is 2.03. The Bertz CT molecular complexity index is 664. The Kier molecular flexibility index (Phi) is 2.95. The zero-order chi connectivity index (χ0) is 13.2. The van der Waals surface area contributed by atoms with E-state index in [0.29, 0.717) is 0 Å². The Balaban J connectivity index is 2.01. The summed E-state index contributed by atoms with van der Waals surface area (Å²) in [5.74, 6) is 0. The fourth-order valence-electron chi connectivity index (χ4n) is 2.42. The molecule has 3 rings (SSSR count). The van der Waals surface area contributed by atoms with Crippen LogP contribution in [0, 0.1) is 13.8 Å². The minimum Gasteiger partial charge on any atom is -0.367 e. The lowest BCUT2D eigenvalue weighted by molar-refractivity contribution is 0.833. The molecule has 0 bridgehead atoms. The molecule has 0 amide bonds. The molecule has 3 heteroatoms. The van der Waals surface area contributed by atoms with Gasteiger partial charge in [0, 0.05) is 30.1 Å². The highest BCUT2D eigenvalue weighted by Gasteiger charge is 2.13. The molecule has 0 saturated carbocycles. The molecule has 0 aliphatic carbocycles. The van der Waals surface area contributed by atoms with Crippen LogP contribution >= 0.6 is 0 Å². The van der Waals surface area contributed by atoms with Crippen molar-refractivity contribution in [3.63, 3.8) is 0 Å². The van der Waals surface area contributed by atoms with Gasteiger partial charge >= 0.3 is 0 Å². The van der Waals surface area contributed by atoms with Gasteiger partial charge in [-0.3, -0.25) is 0 Å². The SMILES string of the molecule is Cc1nn(-c2ccccc2)c(C)c1Cc1cc[nH]c1. The fraction of sp³-hybridized carbons (Fsp3) is 0.188. The molecule has 0 saturated heterocycles. The number of rotatable bonds is 3. The molecule has 96 valence electrons. The Morgan fingerprint density at radius 3 is 2.58 bits per heavy atom. The average Bonchev–Trinajstić information content (AvgIpc) is 3.03. The van der Waals surface area contributed by atoms with Crippen molar-refractivity contribution in [1.29, 1.82) is 0 Å². The Hall–Kier alpha value is -2.29. The maximum Gasteiger partial charge on any atom is 0.0648 e. The molecule has 0 radical (unpaired) electrons. The first kappa shape index (κ1) is 11.8. The number of aryl methyl sites for hydroxylation is 1. The first-order chi connectivity index (χ1) is 9.25. The fourth-order valence-corrected chi connectivity index (χ4v) is 2.42. The summed E-state index contributed by atoms with van der Waals surface area (Å²) in [6.07, 6.45) is 4.92. The lowest BCUT2D eigenvalue weighted by Gasteiger charge is -2.04. The average molecular weight is 251 g/mol. The second-order valence-corrected chi connectivity index (χ2v) is 4.79. The molecule has 2 heterocycles. The van der Waals surface area contributed by atoms with E-state index in [0.717, 1.165) is 17.8 Å². The van der Waals surface area contributed by atoms with Gasteiger partial charge in [-0.1, -0.05) is 18.2 Å².